The molecule has 5 N–H and O–H groups in total. The lowest BCUT2D eigenvalue weighted by molar-refractivity contribution is 0.0750. The highest BCUT2D eigenvalue weighted by Gasteiger charge is 2.22. The van der Waals surface area contributed by atoms with E-state index in [1.807, 2.05) is 129 Å². The van der Waals surface area contributed by atoms with Gasteiger partial charge in [0.25, 0.3) is 0 Å². The molecule has 2 aliphatic heterocycles. The Balaban J connectivity index is 0.000000259. The first-order valence-electron chi connectivity index (χ1n) is 35.1. The lowest BCUT2D eigenvalue weighted by Crippen LogP contribution is -2.15. The Bertz CT molecular complexity index is 3680. The van der Waals surface area contributed by atoms with Crippen molar-refractivity contribution in [3.63, 3.8) is 0 Å². The fraction of sp³-hybridized carbons (Fsp3) is 0.378. The molecular formula is C82H105Br2N7O14. The van der Waals surface area contributed by atoms with E-state index in [0.29, 0.717) is 119 Å². The lowest BCUT2D eigenvalue weighted by Gasteiger charge is -2.13. The molecule has 566 valence electrons. The van der Waals surface area contributed by atoms with Gasteiger partial charge >= 0.3 is 0 Å². The van der Waals surface area contributed by atoms with Gasteiger partial charge in [-0.15, -0.1) is 0 Å². The summed E-state index contributed by atoms with van der Waals surface area (Å²) in [5.41, 5.74) is 21.1. The van der Waals surface area contributed by atoms with Crippen molar-refractivity contribution in [2.75, 3.05) is 184 Å². The SMILES string of the molecule is BrCCOCCBr.CN(C)CCCOc1ccc(N)c(N)c1.CN(C)CCCOc1ccc2c(c1)CC(c1ccccc1OCCOCCOc1ccccc1C1=Nc3ccc(OCCCN(C)C)cc3C1)=N2.COc1ccccc1OCCOCCOc1ccccc1OC.O=Cc1ccccc1O. The van der Waals surface area contributed by atoms with E-state index in [1.165, 1.54) is 17.2 Å². The van der Waals surface area contributed by atoms with Crippen molar-refractivity contribution in [1.82, 2.24) is 14.7 Å². The fourth-order valence-electron chi connectivity index (χ4n) is 10.2. The van der Waals surface area contributed by atoms with E-state index in [-0.39, 0.29) is 5.75 Å². The summed E-state index contributed by atoms with van der Waals surface area (Å²) in [5, 5.41) is 10.7. The second-order valence-electron chi connectivity index (χ2n) is 24.4. The normalized spacial score (nSPS) is 11.6. The molecule has 0 unspecified atom stereocenters. The molecule has 10 rings (SSSR count). The Morgan fingerprint density at radius 3 is 1.12 bits per heavy atom. The standard InChI is InChI=1S/C42H50N4O5.C18H22O5.C11H19N3O.C7H6O2.C4H8Br2O/c1-45(2)19-9-21-48-33-15-17-37-31(27-33)29-39(43-37)35-11-5-7-13-41(35)50-25-23-47-24-26-51-42-14-8-6-12-36(42)40-30-32-28-34(16-18-38(32)44-40)49-22-10-20-46(3)4;1-19-15-7-3-5-9-17(15)22-13-11-21-12-14-23-18-10-6-4-8-16(18)20-2;1-14(2)6-3-7-15-9-4-5-10(12)11(13)8-9;8-5-6-3-1-2-4-7(6)9;5-1-3-7-4-2-6/h5-8,11-18,27-28H,9-10,19-26,29-30H2,1-4H3;3-10H,11-14H2,1-2H3;4-5,8H,3,6-7,12-13H2,1-2H3;1-5,9H;1-4H2. The summed E-state index contributed by atoms with van der Waals surface area (Å²) in [6, 6.07) is 55.3. The van der Waals surface area contributed by atoms with E-state index in [1.54, 1.807) is 44.6 Å². The number of phenolic OH excluding ortho intramolecular Hbond substituents is 1. The fourth-order valence-corrected chi connectivity index (χ4v) is 10.6. The van der Waals surface area contributed by atoms with Crippen LogP contribution in [-0.2, 0) is 27.1 Å². The molecule has 0 spiro atoms. The summed E-state index contributed by atoms with van der Waals surface area (Å²) in [5.74, 6) is 7.06. The first-order chi connectivity index (χ1) is 51.1. The van der Waals surface area contributed by atoms with Gasteiger partial charge in [0.2, 0.25) is 0 Å². The average molecular weight is 1570 g/mol. The molecule has 8 aromatic rings. The molecule has 21 nitrogen and oxygen atoms in total. The van der Waals surface area contributed by atoms with Crippen LogP contribution in [0, 0.1) is 0 Å². The van der Waals surface area contributed by atoms with E-state index >= 15 is 0 Å². The minimum absolute atomic E-state index is 0.0347. The van der Waals surface area contributed by atoms with Crippen molar-refractivity contribution >= 4 is 72.3 Å². The number of nitrogens with two attached hydrogens (primary N) is 2. The van der Waals surface area contributed by atoms with Gasteiger partial charge in [-0.25, -0.2) is 0 Å². The molecule has 0 saturated carbocycles. The molecule has 0 bridgehead atoms. The number of nitrogens with zero attached hydrogens (tertiary/aromatic N) is 5. The minimum atomic E-state index is 0.0347. The molecule has 2 aliphatic rings. The van der Waals surface area contributed by atoms with Crippen LogP contribution in [0.1, 0.15) is 51.9 Å². The monoisotopic (exact) mass is 1570 g/mol. The third-order valence-electron chi connectivity index (χ3n) is 15.4. The molecule has 0 aliphatic carbocycles. The van der Waals surface area contributed by atoms with Crippen LogP contribution in [0.25, 0.3) is 0 Å². The maximum Gasteiger partial charge on any atom is 0.161 e. The number of fused-ring (bicyclic) bond motifs is 2. The molecule has 2 heterocycles. The third-order valence-corrected chi connectivity index (χ3v) is 16.1. The highest BCUT2D eigenvalue weighted by atomic mass is 79.9. The number of hydrogen-bond acceptors (Lipinski definition) is 21. The average Bonchev–Trinajstić information content (AvgIpc) is 1.67. The van der Waals surface area contributed by atoms with Gasteiger partial charge in [-0.05, 0) is 182 Å². The Morgan fingerprint density at radius 2 is 0.752 bits per heavy atom. The van der Waals surface area contributed by atoms with Crippen LogP contribution < -0.4 is 54.1 Å². The molecule has 23 heteroatoms. The number of halogens is 2. The van der Waals surface area contributed by atoms with Crippen molar-refractivity contribution in [3.05, 3.63) is 204 Å². The number of phenols is 1. The molecule has 0 aromatic heterocycles. The van der Waals surface area contributed by atoms with Gasteiger partial charge in [0.1, 0.15) is 60.9 Å². The quantitative estimate of drug-likeness (QED) is 0.0140. The van der Waals surface area contributed by atoms with Gasteiger partial charge in [-0.3, -0.25) is 14.8 Å². The predicted molar refractivity (Wildman–Crippen MR) is 428 cm³/mol. The lowest BCUT2D eigenvalue weighted by atomic mass is 10.0. The molecule has 0 radical (unpaired) electrons. The van der Waals surface area contributed by atoms with Crippen LogP contribution in [0.4, 0.5) is 22.7 Å². The zero-order valence-electron chi connectivity index (χ0n) is 62.0. The molecule has 8 aromatic carbocycles. The summed E-state index contributed by atoms with van der Waals surface area (Å²) < 4.78 is 68.0. The highest BCUT2D eigenvalue weighted by Crippen LogP contribution is 2.36. The number of aldehydes is 1. The van der Waals surface area contributed by atoms with Crippen molar-refractivity contribution in [2.45, 2.75) is 32.1 Å². The van der Waals surface area contributed by atoms with E-state index in [4.69, 9.17) is 83.4 Å². The molecule has 0 amide bonds. The molecule has 0 atom stereocenters. The third kappa shape index (κ3) is 32.2. The number of methoxy groups -OCH3 is 2. The van der Waals surface area contributed by atoms with Crippen molar-refractivity contribution in [3.8, 4) is 57.5 Å². The van der Waals surface area contributed by atoms with Gasteiger partial charge in [0.05, 0.1) is 113 Å². The van der Waals surface area contributed by atoms with Crippen LogP contribution in [0.5, 0.6) is 57.5 Å². The topological polar surface area (TPSA) is 235 Å². The van der Waals surface area contributed by atoms with E-state index in [0.717, 1.165) is 138 Å². The number of alkyl halides is 2. The number of nitrogen functional groups attached to an aromatic ring is 2. The Morgan fingerprint density at radius 1 is 0.400 bits per heavy atom. The van der Waals surface area contributed by atoms with Crippen molar-refractivity contribution in [1.29, 1.82) is 0 Å². The van der Waals surface area contributed by atoms with Gasteiger partial charge in [-0.2, -0.15) is 0 Å². The second kappa shape index (κ2) is 49.7. The van der Waals surface area contributed by atoms with E-state index < -0.39 is 0 Å². The van der Waals surface area contributed by atoms with Crippen LogP contribution in [0.2, 0.25) is 0 Å². The zero-order valence-corrected chi connectivity index (χ0v) is 65.2. The summed E-state index contributed by atoms with van der Waals surface area (Å²) in [6.45, 7) is 10.4. The Labute approximate surface area is 637 Å². The summed E-state index contributed by atoms with van der Waals surface area (Å²) in [7, 11) is 15.6. The predicted octanol–water partition coefficient (Wildman–Crippen LogP) is 14.5. The van der Waals surface area contributed by atoms with Crippen LogP contribution in [0.3, 0.4) is 0 Å². The van der Waals surface area contributed by atoms with Gasteiger partial charge < -0.3 is 88.1 Å². The second-order valence-corrected chi connectivity index (χ2v) is 26.0. The number of ether oxygens (including phenoxy) is 12. The van der Waals surface area contributed by atoms with Gasteiger partial charge in [0.15, 0.2) is 29.3 Å². The maximum atomic E-state index is 10.1. The van der Waals surface area contributed by atoms with Crippen LogP contribution in [0.15, 0.2) is 186 Å². The summed E-state index contributed by atoms with van der Waals surface area (Å²) in [6.07, 6.45) is 5.08. The van der Waals surface area contributed by atoms with Crippen molar-refractivity contribution in [2.24, 2.45) is 9.98 Å². The molecule has 0 saturated heterocycles. The zero-order chi connectivity index (χ0) is 75.2. The smallest absolute Gasteiger partial charge is 0.161 e. The van der Waals surface area contributed by atoms with Crippen molar-refractivity contribution < 1.29 is 66.7 Å². The minimum Gasteiger partial charge on any atom is -0.507 e. The highest BCUT2D eigenvalue weighted by molar-refractivity contribution is 9.09. The van der Waals surface area contributed by atoms with Gasteiger partial charge in [-0.1, -0.05) is 92.5 Å². The number of aliphatic imine (C=N–C) groups is 2. The number of rotatable bonds is 40. The molecule has 0 fully saturated rings. The van der Waals surface area contributed by atoms with E-state index in [2.05, 4.69) is 99.0 Å². The number of benzene rings is 8. The first-order valence-corrected chi connectivity index (χ1v) is 37.3. The molecular weight excluding hydrogens is 1470 g/mol. The maximum absolute atomic E-state index is 10.1. The van der Waals surface area contributed by atoms with Crippen LogP contribution in [-0.4, -0.2) is 210 Å². The number of aromatic hydroxyl groups is 1. The summed E-state index contributed by atoms with van der Waals surface area (Å²) >= 11 is 6.48. The number of carbonyl (C=O) groups excluding carboxylic acids is 1. The number of anilines is 2. The Hall–Kier alpha value is -8.91. The number of carbonyl (C=O) groups is 1. The Kier molecular flexibility index (Phi) is 40.3. The van der Waals surface area contributed by atoms with E-state index in [9.17, 15) is 4.79 Å². The number of hydrogen-bond donors (Lipinski definition) is 3. The van der Waals surface area contributed by atoms with Gasteiger partial charge in [0, 0.05) is 60.3 Å². The van der Waals surface area contributed by atoms with Crippen LogP contribution >= 0.6 is 31.9 Å². The molecule has 105 heavy (non-hydrogen) atoms. The number of para-hydroxylation sites is 7. The summed E-state index contributed by atoms with van der Waals surface area (Å²) in [4.78, 5) is 26.4. The first kappa shape index (κ1) is 85.0. The largest absolute Gasteiger partial charge is 0.507 e.